The summed E-state index contributed by atoms with van der Waals surface area (Å²) in [5.74, 6) is 1.54. The minimum absolute atomic E-state index is 0.0345. The first-order chi connectivity index (χ1) is 15.2. The topological polar surface area (TPSA) is 107 Å². The van der Waals surface area contributed by atoms with Crippen LogP contribution in [0.1, 0.15) is 30.9 Å². The predicted molar refractivity (Wildman–Crippen MR) is 121 cm³/mol. The molecule has 1 fully saturated rings. The Bertz CT molecular complexity index is 1060. The van der Waals surface area contributed by atoms with E-state index in [9.17, 15) is 10.4 Å². The van der Waals surface area contributed by atoms with Crippen LogP contribution in [0.15, 0.2) is 36.5 Å². The van der Waals surface area contributed by atoms with E-state index < -0.39 is 0 Å². The van der Waals surface area contributed by atoms with Gasteiger partial charge in [0.05, 0.1) is 24.0 Å². The van der Waals surface area contributed by atoms with Gasteiger partial charge >= 0.3 is 0 Å². The van der Waals surface area contributed by atoms with Crippen LogP contribution >= 0.6 is 0 Å². The van der Waals surface area contributed by atoms with E-state index in [0.29, 0.717) is 18.6 Å². The van der Waals surface area contributed by atoms with Gasteiger partial charge in [0.2, 0.25) is 0 Å². The van der Waals surface area contributed by atoms with E-state index in [0.717, 1.165) is 60.0 Å². The lowest BCUT2D eigenvalue weighted by atomic mass is 10.0. The van der Waals surface area contributed by atoms with Crippen molar-refractivity contribution in [2.75, 3.05) is 36.9 Å². The van der Waals surface area contributed by atoms with Gasteiger partial charge in [-0.05, 0) is 56.6 Å². The Morgan fingerprint density at radius 3 is 2.84 bits per heavy atom. The minimum Gasteiger partial charge on any atom is -0.494 e. The molecule has 1 atom stereocenters. The molecule has 3 heterocycles. The summed E-state index contributed by atoms with van der Waals surface area (Å²) in [6, 6.07) is 12.1. The number of ether oxygens (including phenoxy) is 1. The number of aliphatic hydroxyl groups is 1. The molecule has 4 N–H and O–H groups in total. The molecular weight excluding hydrogens is 392 g/mol. The van der Waals surface area contributed by atoms with Crippen LogP contribution in [-0.2, 0) is 6.42 Å². The second-order valence-corrected chi connectivity index (χ2v) is 7.56. The van der Waals surface area contributed by atoms with Gasteiger partial charge in [-0.3, -0.25) is 0 Å². The first kappa shape index (κ1) is 21.0. The average molecular weight is 421 g/mol. The summed E-state index contributed by atoms with van der Waals surface area (Å²) in [4.78, 5) is 0. The Morgan fingerprint density at radius 2 is 2.16 bits per heavy atom. The molecule has 4 rings (SSSR count). The maximum absolute atomic E-state index is 9.98. The maximum Gasteiger partial charge on any atom is 0.138 e. The molecule has 1 aromatic carbocycles. The second kappa shape index (κ2) is 9.69. The van der Waals surface area contributed by atoms with Crippen LogP contribution in [0, 0.1) is 11.3 Å². The van der Waals surface area contributed by atoms with E-state index in [2.05, 4.69) is 27.1 Å². The average Bonchev–Trinajstić information content (AvgIpc) is 3.28. The highest BCUT2D eigenvalue weighted by Crippen LogP contribution is 2.35. The van der Waals surface area contributed by atoms with Gasteiger partial charge in [-0.1, -0.05) is 0 Å². The number of aliphatic hydroxyl groups excluding tert-OH is 1. The molecule has 0 unspecified atom stereocenters. The van der Waals surface area contributed by atoms with Gasteiger partial charge in [0, 0.05) is 36.9 Å². The Labute approximate surface area is 181 Å². The Balaban J connectivity index is 1.79. The molecule has 8 heteroatoms. The molecule has 0 spiro atoms. The highest BCUT2D eigenvalue weighted by atomic mass is 16.5. The zero-order chi connectivity index (χ0) is 21.6. The standard InChI is InChI=1S/C23H28N6O2/c1-2-31-18-7-5-16(6-8-18)28-23-19(10-13-30)22(27-17-4-3-11-25-15-17)20(14-24)21-9-12-26-29(21)23/h5-9,12,17,25,27-28,30H,2-4,10-11,13,15H2,1H3/t17-/m0/s1. The number of rotatable bonds is 8. The third-order valence-corrected chi connectivity index (χ3v) is 5.50. The molecule has 3 aromatic rings. The number of fused-ring (bicyclic) bond motifs is 1. The number of pyridine rings is 1. The molecule has 1 saturated heterocycles. The first-order valence-corrected chi connectivity index (χ1v) is 10.8. The number of hydrogen-bond donors (Lipinski definition) is 4. The summed E-state index contributed by atoms with van der Waals surface area (Å²) in [5.41, 5.74) is 3.75. The number of anilines is 3. The van der Waals surface area contributed by atoms with E-state index in [4.69, 9.17) is 4.74 Å². The van der Waals surface area contributed by atoms with E-state index in [-0.39, 0.29) is 12.6 Å². The molecule has 0 saturated carbocycles. The third kappa shape index (κ3) is 4.43. The fraction of sp³-hybridized carbons (Fsp3) is 0.391. The lowest BCUT2D eigenvalue weighted by Crippen LogP contribution is -2.39. The van der Waals surface area contributed by atoms with Crippen LogP contribution < -0.4 is 20.7 Å². The summed E-state index contributed by atoms with van der Waals surface area (Å²) in [6.07, 6.45) is 4.20. The maximum atomic E-state index is 9.98. The lowest BCUT2D eigenvalue weighted by Gasteiger charge is -2.28. The number of aromatic nitrogens is 2. The Hall–Kier alpha value is -3.28. The number of benzene rings is 1. The van der Waals surface area contributed by atoms with E-state index in [1.54, 1.807) is 10.7 Å². The molecular formula is C23H28N6O2. The Kier molecular flexibility index (Phi) is 6.55. The number of nitriles is 1. The van der Waals surface area contributed by atoms with Gasteiger partial charge in [-0.15, -0.1) is 0 Å². The van der Waals surface area contributed by atoms with Gasteiger partial charge in [0.25, 0.3) is 0 Å². The molecule has 8 nitrogen and oxygen atoms in total. The summed E-state index contributed by atoms with van der Waals surface area (Å²) in [7, 11) is 0. The van der Waals surface area contributed by atoms with Crippen molar-refractivity contribution in [3.8, 4) is 11.8 Å². The Morgan fingerprint density at radius 1 is 1.32 bits per heavy atom. The lowest BCUT2D eigenvalue weighted by molar-refractivity contribution is 0.299. The zero-order valence-corrected chi connectivity index (χ0v) is 17.7. The summed E-state index contributed by atoms with van der Waals surface area (Å²) >= 11 is 0. The molecule has 0 bridgehead atoms. The molecule has 31 heavy (non-hydrogen) atoms. The van der Waals surface area contributed by atoms with Gasteiger partial charge in [-0.2, -0.15) is 10.4 Å². The number of piperidine rings is 1. The quantitative estimate of drug-likeness (QED) is 0.444. The van der Waals surface area contributed by atoms with Crippen molar-refractivity contribution in [2.24, 2.45) is 0 Å². The van der Waals surface area contributed by atoms with Gasteiger partial charge in [0.1, 0.15) is 23.2 Å². The highest BCUT2D eigenvalue weighted by Gasteiger charge is 2.23. The van der Waals surface area contributed by atoms with Crippen LogP contribution in [0.4, 0.5) is 17.2 Å². The predicted octanol–water partition coefficient (Wildman–Crippen LogP) is 3.05. The molecule has 0 amide bonds. The number of nitrogens with one attached hydrogen (secondary N) is 3. The molecule has 1 aliphatic rings. The van der Waals surface area contributed by atoms with Crippen molar-refractivity contribution in [2.45, 2.75) is 32.2 Å². The summed E-state index contributed by atoms with van der Waals surface area (Å²) in [6.45, 7) is 4.39. The second-order valence-electron chi connectivity index (χ2n) is 7.56. The van der Waals surface area contributed by atoms with Gasteiger partial charge < -0.3 is 25.8 Å². The molecule has 0 aliphatic carbocycles. The monoisotopic (exact) mass is 420 g/mol. The summed E-state index contributed by atoms with van der Waals surface area (Å²) in [5, 5.41) is 34.7. The molecule has 162 valence electrons. The molecule has 2 aromatic heterocycles. The fourth-order valence-electron chi connectivity index (χ4n) is 4.07. The van der Waals surface area contributed by atoms with Crippen molar-refractivity contribution in [1.82, 2.24) is 14.9 Å². The molecule has 0 radical (unpaired) electrons. The highest BCUT2D eigenvalue weighted by molar-refractivity contribution is 5.82. The number of hydrogen-bond acceptors (Lipinski definition) is 7. The fourth-order valence-corrected chi connectivity index (χ4v) is 4.07. The van der Waals surface area contributed by atoms with E-state index in [1.807, 2.05) is 37.3 Å². The van der Waals surface area contributed by atoms with Crippen LogP contribution in [-0.4, -0.2) is 47.1 Å². The van der Waals surface area contributed by atoms with Crippen molar-refractivity contribution in [1.29, 1.82) is 5.26 Å². The largest absolute Gasteiger partial charge is 0.494 e. The first-order valence-electron chi connectivity index (χ1n) is 10.8. The number of nitrogens with zero attached hydrogens (tertiary/aromatic N) is 3. The van der Waals surface area contributed by atoms with Gasteiger partial charge in [-0.25, -0.2) is 4.52 Å². The van der Waals surface area contributed by atoms with Crippen molar-refractivity contribution >= 4 is 22.7 Å². The SMILES string of the molecule is CCOc1ccc(Nc2c(CCO)c(N[C@H]3CCCNC3)c(C#N)c3ccnn23)cc1. The van der Waals surface area contributed by atoms with Crippen LogP contribution in [0.3, 0.4) is 0 Å². The van der Waals surface area contributed by atoms with Crippen LogP contribution in [0.25, 0.3) is 5.52 Å². The minimum atomic E-state index is -0.0345. The molecule has 1 aliphatic heterocycles. The van der Waals surface area contributed by atoms with E-state index in [1.165, 1.54) is 0 Å². The van der Waals surface area contributed by atoms with Crippen molar-refractivity contribution in [3.05, 3.63) is 47.7 Å². The van der Waals surface area contributed by atoms with Crippen molar-refractivity contribution in [3.63, 3.8) is 0 Å². The zero-order valence-electron chi connectivity index (χ0n) is 17.7. The van der Waals surface area contributed by atoms with Crippen LogP contribution in [0.5, 0.6) is 5.75 Å². The normalized spacial score (nSPS) is 16.1. The third-order valence-electron chi connectivity index (χ3n) is 5.50. The van der Waals surface area contributed by atoms with Gasteiger partial charge in [0.15, 0.2) is 0 Å². The summed E-state index contributed by atoms with van der Waals surface area (Å²) < 4.78 is 7.28. The van der Waals surface area contributed by atoms with Crippen LogP contribution in [0.2, 0.25) is 0 Å². The van der Waals surface area contributed by atoms with E-state index >= 15 is 0 Å². The van der Waals surface area contributed by atoms with Crippen molar-refractivity contribution < 1.29 is 9.84 Å². The smallest absolute Gasteiger partial charge is 0.138 e.